The van der Waals surface area contributed by atoms with Crippen molar-refractivity contribution in [1.82, 2.24) is 10.2 Å². The number of aromatic nitrogens is 2. The molecule has 0 aliphatic carbocycles. The molecule has 0 unspecified atom stereocenters. The summed E-state index contributed by atoms with van der Waals surface area (Å²) >= 11 is 0. The lowest BCUT2D eigenvalue weighted by Gasteiger charge is -2.00. The Balaban J connectivity index is 2.81. The van der Waals surface area contributed by atoms with E-state index >= 15 is 0 Å². The summed E-state index contributed by atoms with van der Waals surface area (Å²) in [5.74, 6) is -0.351. The number of aryl methyl sites for hydroxylation is 1. The van der Waals surface area contributed by atoms with Crippen molar-refractivity contribution in [3.05, 3.63) is 23.5 Å². The highest BCUT2D eigenvalue weighted by molar-refractivity contribution is 5.88. The average molecular weight is 166 g/mol. The first-order chi connectivity index (χ1) is 5.74. The van der Waals surface area contributed by atoms with Crippen LogP contribution in [-0.4, -0.2) is 22.8 Å². The first-order valence-electron chi connectivity index (χ1n) is 3.70. The monoisotopic (exact) mass is 166 g/mol. The van der Waals surface area contributed by atoms with Crippen LogP contribution in [0.2, 0.25) is 0 Å². The number of esters is 1. The molecule has 1 heterocycles. The molecule has 12 heavy (non-hydrogen) atoms. The second-order valence-electron chi connectivity index (χ2n) is 2.31. The number of ether oxygens (including phenoxy) is 1. The van der Waals surface area contributed by atoms with Gasteiger partial charge in [-0.25, -0.2) is 4.79 Å². The Bertz CT molecular complexity index is 286. The summed E-state index contributed by atoms with van der Waals surface area (Å²) in [6.45, 7) is 3.91. The SMILES string of the molecule is CCOC(=O)c1cnnc(C)c1. The summed E-state index contributed by atoms with van der Waals surface area (Å²) in [5, 5.41) is 7.36. The highest BCUT2D eigenvalue weighted by Crippen LogP contribution is 2.00. The van der Waals surface area contributed by atoms with Crippen LogP contribution in [0.4, 0.5) is 0 Å². The van der Waals surface area contributed by atoms with Crippen molar-refractivity contribution in [1.29, 1.82) is 0 Å². The Morgan fingerprint density at radius 3 is 3.00 bits per heavy atom. The van der Waals surface area contributed by atoms with E-state index in [0.29, 0.717) is 17.9 Å². The molecule has 64 valence electrons. The third-order valence-corrected chi connectivity index (χ3v) is 1.29. The van der Waals surface area contributed by atoms with Crippen molar-refractivity contribution in [3.63, 3.8) is 0 Å². The summed E-state index contributed by atoms with van der Waals surface area (Å²) in [4.78, 5) is 11.1. The van der Waals surface area contributed by atoms with Gasteiger partial charge >= 0.3 is 5.97 Å². The molecule has 0 radical (unpaired) electrons. The van der Waals surface area contributed by atoms with E-state index in [1.54, 1.807) is 19.9 Å². The summed E-state index contributed by atoms with van der Waals surface area (Å²) in [5.41, 5.74) is 1.16. The smallest absolute Gasteiger partial charge is 0.339 e. The van der Waals surface area contributed by atoms with Gasteiger partial charge < -0.3 is 4.74 Å². The van der Waals surface area contributed by atoms with Gasteiger partial charge in [-0.1, -0.05) is 0 Å². The summed E-state index contributed by atoms with van der Waals surface area (Å²) in [6, 6.07) is 1.64. The van der Waals surface area contributed by atoms with Gasteiger partial charge in [0.2, 0.25) is 0 Å². The maximum absolute atomic E-state index is 11.1. The predicted molar refractivity (Wildman–Crippen MR) is 42.7 cm³/mol. The van der Waals surface area contributed by atoms with E-state index in [0.717, 1.165) is 0 Å². The van der Waals surface area contributed by atoms with Crippen LogP contribution in [0, 0.1) is 6.92 Å². The van der Waals surface area contributed by atoms with Gasteiger partial charge in [0.15, 0.2) is 0 Å². The summed E-state index contributed by atoms with van der Waals surface area (Å²) < 4.78 is 4.78. The molecule has 0 fully saturated rings. The average Bonchev–Trinajstić information content (AvgIpc) is 2.05. The van der Waals surface area contributed by atoms with E-state index in [4.69, 9.17) is 4.74 Å². The van der Waals surface area contributed by atoms with Crippen LogP contribution in [0.15, 0.2) is 12.3 Å². The topological polar surface area (TPSA) is 52.1 Å². The van der Waals surface area contributed by atoms with E-state index in [2.05, 4.69) is 10.2 Å². The van der Waals surface area contributed by atoms with Gasteiger partial charge in [0.05, 0.1) is 24.1 Å². The lowest BCUT2D eigenvalue weighted by molar-refractivity contribution is 0.0525. The van der Waals surface area contributed by atoms with Crippen LogP contribution in [0.25, 0.3) is 0 Å². The minimum absolute atomic E-state index is 0.351. The quantitative estimate of drug-likeness (QED) is 0.614. The highest BCUT2D eigenvalue weighted by Gasteiger charge is 2.06. The van der Waals surface area contributed by atoms with Crippen LogP contribution in [0.5, 0.6) is 0 Å². The molecular formula is C8H10N2O2. The van der Waals surface area contributed by atoms with Gasteiger partial charge in [0.25, 0.3) is 0 Å². The maximum atomic E-state index is 11.1. The van der Waals surface area contributed by atoms with Gasteiger partial charge in [0.1, 0.15) is 0 Å². The Morgan fingerprint density at radius 1 is 1.67 bits per heavy atom. The highest BCUT2D eigenvalue weighted by atomic mass is 16.5. The number of carbonyl (C=O) groups is 1. The van der Waals surface area contributed by atoms with Crippen LogP contribution in [0.3, 0.4) is 0 Å². The molecule has 0 aliphatic heterocycles. The van der Waals surface area contributed by atoms with Crippen LogP contribution in [0.1, 0.15) is 23.0 Å². The van der Waals surface area contributed by atoms with Crippen molar-refractivity contribution in [2.75, 3.05) is 6.61 Å². The largest absolute Gasteiger partial charge is 0.462 e. The molecule has 0 N–H and O–H groups in total. The van der Waals surface area contributed by atoms with Crippen molar-refractivity contribution < 1.29 is 9.53 Å². The standard InChI is InChI=1S/C8H10N2O2/c1-3-12-8(11)7-4-6(2)10-9-5-7/h4-5H,3H2,1-2H3. The Kier molecular flexibility index (Phi) is 2.74. The molecule has 1 rings (SSSR count). The molecule has 0 spiro atoms. The van der Waals surface area contributed by atoms with Gasteiger partial charge in [-0.05, 0) is 19.9 Å². The number of rotatable bonds is 2. The molecule has 0 amide bonds. The van der Waals surface area contributed by atoms with Crippen LogP contribution < -0.4 is 0 Å². The zero-order valence-corrected chi connectivity index (χ0v) is 7.07. The molecule has 0 aromatic carbocycles. The van der Waals surface area contributed by atoms with E-state index in [1.807, 2.05) is 0 Å². The second-order valence-corrected chi connectivity index (χ2v) is 2.31. The number of carbonyl (C=O) groups excluding carboxylic acids is 1. The van der Waals surface area contributed by atoms with Crippen molar-refractivity contribution in [2.45, 2.75) is 13.8 Å². The lowest BCUT2D eigenvalue weighted by Crippen LogP contribution is -2.05. The molecule has 1 aromatic heterocycles. The summed E-state index contributed by atoms with van der Waals surface area (Å²) in [6.07, 6.45) is 1.39. The normalized spacial score (nSPS) is 9.50. The molecular weight excluding hydrogens is 156 g/mol. The van der Waals surface area contributed by atoms with Gasteiger partial charge in [-0.3, -0.25) is 0 Å². The first kappa shape index (κ1) is 8.64. The molecule has 0 saturated heterocycles. The van der Waals surface area contributed by atoms with Crippen LogP contribution >= 0.6 is 0 Å². The molecule has 4 nitrogen and oxygen atoms in total. The predicted octanol–water partition coefficient (Wildman–Crippen LogP) is 0.962. The fourth-order valence-electron chi connectivity index (χ4n) is 0.799. The zero-order chi connectivity index (χ0) is 8.97. The van der Waals surface area contributed by atoms with E-state index in [9.17, 15) is 4.79 Å². The van der Waals surface area contributed by atoms with E-state index < -0.39 is 0 Å². The second kappa shape index (κ2) is 3.80. The van der Waals surface area contributed by atoms with E-state index in [-0.39, 0.29) is 5.97 Å². The molecule has 0 saturated carbocycles. The van der Waals surface area contributed by atoms with Crippen LogP contribution in [-0.2, 0) is 4.74 Å². The Hall–Kier alpha value is -1.45. The number of nitrogens with zero attached hydrogens (tertiary/aromatic N) is 2. The third-order valence-electron chi connectivity index (χ3n) is 1.29. The molecule has 0 bridgehead atoms. The minimum Gasteiger partial charge on any atom is -0.462 e. The Labute approximate surface area is 70.6 Å². The summed E-state index contributed by atoms with van der Waals surface area (Å²) in [7, 11) is 0. The van der Waals surface area contributed by atoms with Gasteiger partial charge in [0, 0.05) is 0 Å². The fourth-order valence-corrected chi connectivity index (χ4v) is 0.799. The third kappa shape index (κ3) is 2.02. The van der Waals surface area contributed by atoms with Crippen molar-refractivity contribution in [3.8, 4) is 0 Å². The molecule has 0 aliphatic rings. The van der Waals surface area contributed by atoms with Gasteiger partial charge in [-0.2, -0.15) is 10.2 Å². The first-order valence-corrected chi connectivity index (χ1v) is 3.70. The van der Waals surface area contributed by atoms with Gasteiger partial charge in [-0.15, -0.1) is 0 Å². The molecule has 4 heteroatoms. The molecule has 1 aromatic rings. The van der Waals surface area contributed by atoms with E-state index in [1.165, 1.54) is 6.20 Å². The Morgan fingerprint density at radius 2 is 2.42 bits per heavy atom. The molecule has 0 atom stereocenters. The van der Waals surface area contributed by atoms with Crippen molar-refractivity contribution in [2.24, 2.45) is 0 Å². The zero-order valence-electron chi connectivity index (χ0n) is 7.07. The number of hydrogen-bond acceptors (Lipinski definition) is 4. The lowest BCUT2D eigenvalue weighted by atomic mass is 10.3. The number of hydrogen-bond donors (Lipinski definition) is 0. The van der Waals surface area contributed by atoms with Crippen molar-refractivity contribution >= 4 is 5.97 Å². The minimum atomic E-state index is -0.351. The fraction of sp³-hybridized carbons (Fsp3) is 0.375. The maximum Gasteiger partial charge on any atom is 0.339 e.